The number of hydrogen-bond acceptors (Lipinski definition) is 7. The number of likely N-dealkylation sites (N-methyl/N-ethyl adjacent to an activating group) is 1. The minimum absolute atomic E-state index is 0.0283. The molecule has 234 valence electrons. The molecule has 2 atom stereocenters. The van der Waals surface area contributed by atoms with Gasteiger partial charge < -0.3 is 18.9 Å². The Morgan fingerprint density at radius 2 is 1.38 bits per heavy atom. The zero-order chi connectivity index (χ0) is 30.1. The maximum absolute atomic E-state index is 12.4. The molecule has 0 aromatic rings. The molecule has 0 aliphatic rings. The molecular formula is C30H57NO8P+. The van der Waals surface area contributed by atoms with Crippen molar-refractivity contribution < 1.29 is 42.1 Å². The van der Waals surface area contributed by atoms with E-state index in [1.165, 1.54) is 12.8 Å². The molecule has 0 rings (SSSR count). The third-order valence-corrected chi connectivity index (χ3v) is 6.97. The van der Waals surface area contributed by atoms with Crippen LogP contribution in [0.1, 0.15) is 104 Å². The number of phosphoric ester groups is 1. The largest absolute Gasteiger partial charge is 0.472 e. The second kappa shape index (κ2) is 24.1. The van der Waals surface area contributed by atoms with Gasteiger partial charge in [-0.2, -0.15) is 0 Å². The molecule has 0 saturated heterocycles. The maximum Gasteiger partial charge on any atom is 0.472 e. The molecule has 9 nitrogen and oxygen atoms in total. The first-order chi connectivity index (χ1) is 19.0. The monoisotopic (exact) mass is 590 g/mol. The van der Waals surface area contributed by atoms with Crippen molar-refractivity contribution in [1.29, 1.82) is 0 Å². The molecule has 0 radical (unpaired) electrons. The SMILES string of the molecule is CCCC/C=C\C/C=C\CCCCCCCC(=O)OC(COC(=O)CCCC)COP(=O)(O)OCC[N+](C)(C)C. The van der Waals surface area contributed by atoms with Gasteiger partial charge in [0, 0.05) is 12.8 Å². The van der Waals surface area contributed by atoms with Gasteiger partial charge in [-0.15, -0.1) is 0 Å². The fourth-order valence-corrected chi connectivity index (χ4v) is 4.22. The van der Waals surface area contributed by atoms with E-state index in [1.807, 2.05) is 28.1 Å². The fourth-order valence-electron chi connectivity index (χ4n) is 3.48. The quantitative estimate of drug-likeness (QED) is 0.0381. The van der Waals surface area contributed by atoms with Gasteiger partial charge in [-0.1, -0.05) is 76.7 Å². The van der Waals surface area contributed by atoms with Gasteiger partial charge in [0.05, 0.1) is 27.7 Å². The Hall–Kier alpha value is -1.51. The number of phosphoric acid groups is 1. The van der Waals surface area contributed by atoms with Crippen LogP contribution in [0, 0.1) is 0 Å². The number of allylic oxidation sites excluding steroid dienone is 4. The van der Waals surface area contributed by atoms with E-state index >= 15 is 0 Å². The normalized spacial score (nSPS) is 14.4. The molecule has 0 amide bonds. The average molecular weight is 591 g/mol. The standard InChI is InChI=1S/C30H56NO8P/c1-6-8-10-11-12-13-14-15-16-17-18-19-20-21-23-30(33)39-28(26-36-29(32)22-9-7-2)27-38-40(34,35)37-25-24-31(3,4)5/h11-12,14-15,28H,6-10,13,16-27H2,1-5H3/p+1/b12-11-,15-14-. The minimum Gasteiger partial charge on any atom is -0.462 e. The van der Waals surface area contributed by atoms with Gasteiger partial charge in [0.2, 0.25) is 0 Å². The van der Waals surface area contributed by atoms with Crippen molar-refractivity contribution in [3.63, 3.8) is 0 Å². The number of nitrogens with zero attached hydrogens (tertiary/aromatic N) is 1. The molecule has 0 aromatic heterocycles. The van der Waals surface area contributed by atoms with Crippen LogP contribution in [0.3, 0.4) is 0 Å². The third-order valence-electron chi connectivity index (χ3n) is 5.98. The number of ether oxygens (including phenoxy) is 2. The van der Waals surface area contributed by atoms with E-state index in [9.17, 15) is 19.0 Å². The van der Waals surface area contributed by atoms with Crippen LogP contribution in [-0.2, 0) is 32.7 Å². The van der Waals surface area contributed by atoms with Crippen LogP contribution in [-0.4, -0.2) is 74.9 Å². The zero-order valence-corrected chi connectivity index (χ0v) is 26.7. The first kappa shape index (κ1) is 38.5. The predicted molar refractivity (Wildman–Crippen MR) is 160 cm³/mol. The lowest BCUT2D eigenvalue weighted by molar-refractivity contribution is -0.870. The molecule has 0 aliphatic carbocycles. The summed E-state index contributed by atoms with van der Waals surface area (Å²) in [4.78, 5) is 34.3. The summed E-state index contributed by atoms with van der Waals surface area (Å²) in [6.45, 7) is 4.06. The molecule has 0 spiro atoms. The molecule has 10 heteroatoms. The summed E-state index contributed by atoms with van der Waals surface area (Å²) in [5.41, 5.74) is 0. The molecule has 1 N–H and O–H groups in total. The summed E-state index contributed by atoms with van der Waals surface area (Å²) < 4.78 is 33.5. The summed E-state index contributed by atoms with van der Waals surface area (Å²) >= 11 is 0. The topological polar surface area (TPSA) is 108 Å². The molecule has 0 aliphatic heterocycles. The van der Waals surface area contributed by atoms with Gasteiger partial charge >= 0.3 is 19.8 Å². The first-order valence-electron chi connectivity index (χ1n) is 15.1. The van der Waals surface area contributed by atoms with Gasteiger partial charge in [0.15, 0.2) is 6.10 Å². The number of carbonyl (C=O) groups is 2. The summed E-state index contributed by atoms with van der Waals surface area (Å²) in [6, 6.07) is 0. The molecule has 0 heterocycles. The third kappa shape index (κ3) is 26.7. The summed E-state index contributed by atoms with van der Waals surface area (Å²) in [6.07, 6.45) is 20.5. The number of quaternary nitrogens is 1. The number of unbranched alkanes of at least 4 members (excludes halogenated alkanes) is 8. The van der Waals surface area contributed by atoms with Crippen LogP contribution in [0.15, 0.2) is 24.3 Å². The highest BCUT2D eigenvalue weighted by atomic mass is 31.2. The van der Waals surface area contributed by atoms with Crippen molar-refractivity contribution in [2.75, 3.05) is 47.5 Å². The van der Waals surface area contributed by atoms with Crippen molar-refractivity contribution in [3.8, 4) is 0 Å². The Morgan fingerprint density at radius 1 is 0.775 bits per heavy atom. The van der Waals surface area contributed by atoms with Crippen molar-refractivity contribution in [1.82, 2.24) is 0 Å². The van der Waals surface area contributed by atoms with Crippen LogP contribution >= 0.6 is 7.82 Å². The lowest BCUT2D eigenvalue weighted by Gasteiger charge is -2.24. The number of esters is 2. The second-order valence-electron chi connectivity index (χ2n) is 11.1. The predicted octanol–water partition coefficient (Wildman–Crippen LogP) is 6.89. The van der Waals surface area contributed by atoms with Crippen LogP contribution < -0.4 is 0 Å². The molecule has 40 heavy (non-hydrogen) atoms. The average Bonchev–Trinajstić information content (AvgIpc) is 2.88. The molecule has 2 unspecified atom stereocenters. The van der Waals surface area contributed by atoms with E-state index in [2.05, 4.69) is 31.2 Å². The lowest BCUT2D eigenvalue weighted by atomic mass is 10.1. The van der Waals surface area contributed by atoms with Crippen molar-refractivity contribution in [2.24, 2.45) is 0 Å². The molecule has 0 aromatic carbocycles. The van der Waals surface area contributed by atoms with Crippen LogP contribution in [0.5, 0.6) is 0 Å². The molecule has 0 saturated carbocycles. The van der Waals surface area contributed by atoms with E-state index < -0.39 is 32.5 Å². The van der Waals surface area contributed by atoms with Crippen molar-refractivity contribution in [2.45, 2.75) is 110 Å². The number of carbonyl (C=O) groups excluding carboxylic acids is 2. The Morgan fingerprint density at radius 3 is 2.02 bits per heavy atom. The van der Waals surface area contributed by atoms with Crippen LogP contribution in [0.25, 0.3) is 0 Å². The van der Waals surface area contributed by atoms with E-state index in [-0.39, 0.29) is 26.1 Å². The smallest absolute Gasteiger partial charge is 0.462 e. The van der Waals surface area contributed by atoms with Gasteiger partial charge in [0.25, 0.3) is 0 Å². The Labute approximate surface area is 243 Å². The van der Waals surface area contributed by atoms with E-state index in [0.717, 1.165) is 51.4 Å². The first-order valence-corrected chi connectivity index (χ1v) is 16.6. The van der Waals surface area contributed by atoms with E-state index in [1.54, 1.807) is 0 Å². The fraction of sp³-hybridized carbons (Fsp3) is 0.800. The summed E-state index contributed by atoms with van der Waals surface area (Å²) in [7, 11) is 1.46. The van der Waals surface area contributed by atoms with E-state index in [0.29, 0.717) is 23.9 Å². The Bertz CT molecular complexity index is 763. The highest BCUT2D eigenvalue weighted by molar-refractivity contribution is 7.47. The highest BCUT2D eigenvalue weighted by Crippen LogP contribution is 2.43. The number of hydrogen-bond donors (Lipinski definition) is 1. The van der Waals surface area contributed by atoms with Gasteiger partial charge in [0.1, 0.15) is 19.8 Å². The Kier molecular flexibility index (Phi) is 23.2. The van der Waals surface area contributed by atoms with Crippen molar-refractivity contribution in [3.05, 3.63) is 24.3 Å². The zero-order valence-electron chi connectivity index (χ0n) is 25.8. The number of rotatable bonds is 26. The van der Waals surface area contributed by atoms with Crippen LogP contribution in [0.2, 0.25) is 0 Å². The van der Waals surface area contributed by atoms with Gasteiger partial charge in [-0.25, -0.2) is 4.57 Å². The van der Waals surface area contributed by atoms with Gasteiger partial charge in [-0.3, -0.25) is 18.6 Å². The van der Waals surface area contributed by atoms with E-state index in [4.69, 9.17) is 18.5 Å². The highest BCUT2D eigenvalue weighted by Gasteiger charge is 2.27. The Balaban J connectivity index is 4.36. The molecule has 0 fully saturated rings. The molecular weight excluding hydrogens is 533 g/mol. The van der Waals surface area contributed by atoms with Gasteiger partial charge in [-0.05, 0) is 38.5 Å². The summed E-state index contributed by atoms with van der Waals surface area (Å²) in [5, 5.41) is 0. The lowest BCUT2D eigenvalue weighted by Crippen LogP contribution is -2.37. The van der Waals surface area contributed by atoms with Crippen molar-refractivity contribution >= 4 is 19.8 Å². The summed E-state index contributed by atoms with van der Waals surface area (Å²) in [5.74, 6) is -0.862. The maximum atomic E-state index is 12.4. The second-order valence-corrected chi connectivity index (χ2v) is 12.6. The minimum atomic E-state index is -4.34. The van der Waals surface area contributed by atoms with Crippen LogP contribution in [0.4, 0.5) is 0 Å². The molecule has 0 bridgehead atoms.